The first-order valence-electron chi connectivity index (χ1n) is 7.61. The maximum atomic E-state index is 11.3. The summed E-state index contributed by atoms with van der Waals surface area (Å²) in [7, 11) is 0. The molecule has 0 spiro atoms. The van der Waals surface area contributed by atoms with Crippen molar-refractivity contribution >= 4 is 23.0 Å². The third-order valence-corrected chi connectivity index (χ3v) is 4.79. The maximum Gasteiger partial charge on any atom is 0.292 e. The second-order valence-corrected chi connectivity index (χ2v) is 6.29. The number of hydrogen-bond acceptors (Lipinski definition) is 4. The molecule has 2 atom stereocenters. The van der Waals surface area contributed by atoms with Gasteiger partial charge < -0.3 is 10.2 Å². The Morgan fingerprint density at radius 1 is 1.29 bits per heavy atom. The van der Waals surface area contributed by atoms with Crippen molar-refractivity contribution in [3.05, 3.63) is 33.3 Å². The molecule has 2 aliphatic heterocycles. The van der Waals surface area contributed by atoms with Gasteiger partial charge in [-0.3, -0.25) is 10.1 Å². The van der Waals surface area contributed by atoms with Crippen LogP contribution >= 0.6 is 11.6 Å². The second kappa shape index (κ2) is 6.20. The fourth-order valence-electron chi connectivity index (χ4n) is 3.60. The molecule has 114 valence electrons. The van der Waals surface area contributed by atoms with E-state index < -0.39 is 0 Å². The van der Waals surface area contributed by atoms with Gasteiger partial charge in [-0.2, -0.15) is 0 Å². The third kappa shape index (κ3) is 2.99. The van der Waals surface area contributed by atoms with Crippen LogP contribution in [0.5, 0.6) is 0 Å². The van der Waals surface area contributed by atoms with Crippen LogP contribution < -0.4 is 10.2 Å². The van der Waals surface area contributed by atoms with Gasteiger partial charge in [0.25, 0.3) is 5.69 Å². The number of halogens is 1. The number of nitro groups is 1. The minimum atomic E-state index is -0.306. The Kier molecular flexibility index (Phi) is 4.31. The van der Waals surface area contributed by atoms with E-state index in [-0.39, 0.29) is 10.6 Å². The number of piperidine rings is 1. The molecule has 2 fully saturated rings. The third-order valence-electron chi connectivity index (χ3n) is 4.56. The monoisotopic (exact) mass is 309 g/mol. The number of nitro benzene ring substituents is 1. The van der Waals surface area contributed by atoms with Gasteiger partial charge in [-0.15, -0.1) is 0 Å². The lowest BCUT2D eigenvalue weighted by atomic mass is 9.93. The average molecular weight is 310 g/mol. The molecular weight excluding hydrogens is 290 g/mol. The first kappa shape index (κ1) is 14.6. The summed E-state index contributed by atoms with van der Waals surface area (Å²) in [5.41, 5.74) is 0.829. The summed E-state index contributed by atoms with van der Waals surface area (Å²) in [6, 6.07) is 5.62. The highest BCUT2D eigenvalue weighted by Crippen LogP contribution is 2.36. The molecule has 0 bridgehead atoms. The lowest BCUT2D eigenvalue weighted by Gasteiger charge is -2.40. The summed E-state index contributed by atoms with van der Waals surface area (Å²) in [4.78, 5) is 13.2. The number of anilines is 1. The predicted molar refractivity (Wildman–Crippen MR) is 84.1 cm³/mol. The van der Waals surface area contributed by atoms with E-state index in [2.05, 4.69) is 10.2 Å². The van der Waals surface area contributed by atoms with Crippen molar-refractivity contribution in [2.24, 2.45) is 0 Å². The van der Waals surface area contributed by atoms with Crippen molar-refractivity contribution in [1.82, 2.24) is 5.32 Å². The average Bonchev–Trinajstić information content (AvgIpc) is 3.01. The molecule has 5 nitrogen and oxygen atoms in total. The van der Waals surface area contributed by atoms with Crippen molar-refractivity contribution in [3.63, 3.8) is 0 Å². The van der Waals surface area contributed by atoms with Gasteiger partial charge in [0.1, 0.15) is 5.69 Å². The lowest BCUT2D eigenvalue weighted by molar-refractivity contribution is -0.384. The first-order valence-corrected chi connectivity index (χ1v) is 7.98. The Morgan fingerprint density at radius 2 is 2.14 bits per heavy atom. The number of nitrogens with zero attached hydrogens (tertiary/aromatic N) is 2. The van der Waals surface area contributed by atoms with Crippen LogP contribution in [0.15, 0.2) is 18.2 Å². The topological polar surface area (TPSA) is 58.4 Å². The van der Waals surface area contributed by atoms with Crippen LogP contribution in [0.25, 0.3) is 0 Å². The van der Waals surface area contributed by atoms with Crippen molar-refractivity contribution in [2.45, 2.75) is 44.2 Å². The van der Waals surface area contributed by atoms with E-state index in [9.17, 15) is 10.1 Å². The molecular formula is C15H20ClN3O2. The fraction of sp³-hybridized carbons (Fsp3) is 0.600. The van der Waals surface area contributed by atoms with Crippen molar-refractivity contribution in [3.8, 4) is 0 Å². The van der Waals surface area contributed by atoms with E-state index in [0.717, 1.165) is 32.4 Å². The van der Waals surface area contributed by atoms with Gasteiger partial charge in [0.15, 0.2) is 0 Å². The van der Waals surface area contributed by atoms with Gasteiger partial charge in [-0.25, -0.2) is 0 Å². The molecule has 0 aromatic heterocycles. The molecule has 0 radical (unpaired) electrons. The van der Waals surface area contributed by atoms with Gasteiger partial charge in [0.05, 0.1) is 4.92 Å². The molecule has 6 heteroatoms. The normalized spacial score (nSPS) is 26.0. The predicted octanol–water partition coefficient (Wildman–Crippen LogP) is 3.36. The highest BCUT2D eigenvalue weighted by atomic mass is 35.5. The lowest BCUT2D eigenvalue weighted by Crippen LogP contribution is -2.50. The van der Waals surface area contributed by atoms with Crippen LogP contribution in [0.1, 0.15) is 32.1 Å². The largest absolute Gasteiger partial charge is 0.361 e. The molecule has 1 aromatic rings. The molecule has 21 heavy (non-hydrogen) atoms. The van der Waals surface area contributed by atoms with Gasteiger partial charge >= 0.3 is 0 Å². The highest BCUT2D eigenvalue weighted by molar-refractivity contribution is 6.31. The molecule has 0 saturated carbocycles. The summed E-state index contributed by atoms with van der Waals surface area (Å²) in [5, 5.41) is 15.4. The zero-order valence-corrected chi connectivity index (χ0v) is 12.7. The SMILES string of the molecule is O=[N+]([O-])c1ccc(Cl)cc1N1CCCCC1C1CCCN1. The van der Waals surface area contributed by atoms with Gasteiger partial charge in [0, 0.05) is 29.7 Å². The Bertz CT molecular complexity index is 532. The quantitative estimate of drug-likeness (QED) is 0.687. The first-order chi connectivity index (χ1) is 10.2. The van der Waals surface area contributed by atoms with Crippen LogP contribution in [0.4, 0.5) is 11.4 Å². The summed E-state index contributed by atoms with van der Waals surface area (Å²) in [5.74, 6) is 0. The van der Waals surface area contributed by atoms with E-state index in [1.807, 2.05) is 0 Å². The number of nitrogens with one attached hydrogen (secondary N) is 1. The van der Waals surface area contributed by atoms with Crippen LogP contribution in [-0.4, -0.2) is 30.1 Å². The molecule has 2 aliphatic rings. The van der Waals surface area contributed by atoms with E-state index in [4.69, 9.17) is 11.6 Å². The van der Waals surface area contributed by atoms with Gasteiger partial charge in [0.2, 0.25) is 0 Å². The Hall–Kier alpha value is -1.33. The van der Waals surface area contributed by atoms with E-state index >= 15 is 0 Å². The van der Waals surface area contributed by atoms with Gasteiger partial charge in [-0.1, -0.05) is 11.6 Å². The van der Waals surface area contributed by atoms with Crippen LogP contribution in [0.2, 0.25) is 5.02 Å². The van der Waals surface area contributed by atoms with E-state index in [0.29, 0.717) is 22.8 Å². The minimum absolute atomic E-state index is 0.157. The fourth-order valence-corrected chi connectivity index (χ4v) is 3.76. The highest BCUT2D eigenvalue weighted by Gasteiger charge is 2.34. The zero-order valence-electron chi connectivity index (χ0n) is 11.9. The Morgan fingerprint density at radius 3 is 2.86 bits per heavy atom. The molecule has 2 saturated heterocycles. The standard InChI is InChI=1S/C15H20ClN3O2/c16-11-6-7-14(19(20)21)15(10-11)18-9-2-1-5-13(18)12-4-3-8-17-12/h6-7,10,12-13,17H,1-5,8-9H2. The number of rotatable bonds is 3. The van der Waals surface area contributed by atoms with E-state index in [1.54, 1.807) is 12.1 Å². The summed E-state index contributed by atoms with van der Waals surface area (Å²) in [6.45, 7) is 1.91. The van der Waals surface area contributed by atoms with Crippen molar-refractivity contribution < 1.29 is 4.92 Å². The maximum absolute atomic E-state index is 11.3. The van der Waals surface area contributed by atoms with Crippen molar-refractivity contribution in [1.29, 1.82) is 0 Å². The summed E-state index contributed by atoms with van der Waals surface area (Å²) < 4.78 is 0. The van der Waals surface area contributed by atoms with Gasteiger partial charge in [-0.05, 0) is 50.8 Å². The summed E-state index contributed by atoms with van der Waals surface area (Å²) in [6.07, 6.45) is 5.68. The molecule has 3 rings (SSSR count). The Labute approximate surface area is 129 Å². The zero-order chi connectivity index (χ0) is 14.8. The van der Waals surface area contributed by atoms with Crippen molar-refractivity contribution in [2.75, 3.05) is 18.0 Å². The minimum Gasteiger partial charge on any atom is -0.361 e. The molecule has 0 aliphatic carbocycles. The number of benzene rings is 1. The molecule has 2 heterocycles. The summed E-state index contributed by atoms with van der Waals surface area (Å²) >= 11 is 6.08. The second-order valence-electron chi connectivity index (χ2n) is 5.85. The van der Waals surface area contributed by atoms with Crippen LogP contribution in [0.3, 0.4) is 0 Å². The smallest absolute Gasteiger partial charge is 0.292 e. The van der Waals surface area contributed by atoms with Crippen LogP contribution in [0, 0.1) is 10.1 Å². The molecule has 1 N–H and O–H groups in total. The van der Waals surface area contributed by atoms with E-state index in [1.165, 1.54) is 18.9 Å². The number of hydrogen-bond donors (Lipinski definition) is 1. The molecule has 1 aromatic carbocycles. The molecule has 0 amide bonds. The van der Waals surface area contributed by atoms with Crippen LogP contribution in [-0.2, 0) is 0 Å². The molecule has 2 unspecified atom stereocenters. The Balaban J connectivity index is 1.95.